The minimum atomic E-state index is -0.128. The first-order chi connectivity index (χ1) is 10.5. The maximum absolute atomic E-state index is 12.5. The van der Waals surface area contributed by atoms with Gasteiger partial charge in [0.25, 0.3) is 0 Å². The number of carbonyl (C=O) groups excluding carboxylic acids is 1. The minimum Gasteiger partial charge on any atom is -0.298 e. The molecule has 0 radical (unpaired) electrons. The molecule has 22 heavy (non-hydrogen) atoms. The molecule has 110 valence electrons. The van der Waals surface area contributed by atoms with Gasteiger partial charge < -0.3 is 0 Å². The summed E-state index contributed by atoms with van der Waals surface area (Å²) in [4.78, 5) is 14.3. The Morgan fingerprint density at radius 2 is 1.82 bits per heavy atom. The highest BCUT2D eigenvalue weighted by Gasteiger charge is 2.29. The molecule has 1 aliphatic rings. The lowest BCUT2D eigenvalue weighted by atomic mass is 10.1. The van der Waals surface area contributed by atoms with Crippen LogP contribution in [0, 0.1) is 25.7 Å². The molecule has 0 fully saturated rings. The van der Waals surface area contributed by atoms with Gasteiger partial charge in [-0.25, -0.2) is 0 Å². The normalized spacial score (nSPS) is 16.0. The third-order valence-electron chi connectivity index (χ3n) is 3.96. The number of rotatable bonds is 0. The van der Waals surface area contributed by atoms with Crippen LogP contribution in [0.15, 0.2) is 42.5 Å². The van der Waals surface area contributed by atoms with Gasteiger partial charge in [-0.05, 0) is 62.1 Å². The lowest BCUT2D eigenvalue weighted by molar-refractivity contribution is -0.113. The summed E-state index contributed by atoms with van der Waals surface area (Å²) in [6, 6.07) is 14.3. The summed E-state index contributed by atoms with van der Waals surface area (Å²) in [5.41, 5.74) is 5.44. The van der Waals surface area contributed by atoms with E-state index in [4.69, 9.17) is 0 Å². The van der Waals surface area contributed by atoms with Crippen LogP contribution >= 0.6 is 0 Å². The van der Waals surface area contributed by atoms with Crippen LogP contribution in [-0.4, -0.2) is 11.9 Å². The SMILES string of the molecule is Cc1cc(C)cc(C#CC(=O)N2c3ccccc3CC2C)c1. The van der Waals surface area contributed by atoms with Gasteiger partial charge in [0.2, 0.25) is 0 Å². The number of aryl methyl sites for hydroxylation is 2. The van der Waals surface area contributed by atoms with Crippen molar-refractivity contribution in [1.82, 2.24) is 0 Å². The molecule has 0 saturated heterocycles. The van der Waals surface area contributed by atoms with Gasteiger partial charge in [-0.15, -0.1) is 0 Å². The van der Waals surface area contributed by atoms with Gasteiger partial charge in [0, 0.05) is 23.2 Å². The Bertz CT molecular complexity index is 775. The van der Waals surface area contributed by atoms with Crippen molar-refractivity contribution in [3.63, 3.8) is 0 Å². The third-order valence-corrected chi connectivity index (χ3v) is 3.96. The molecule has 2 nitrogen and oxygen atoms in total. The van der Waals surface area contributed by atoms with Crippen molar-refractivity contribution in [3.8, 4) is 11.8 Å². The molecule has 0 saturated carbocycles. The summed E-state index contributed by atoms with van der Waals surface area (Å²) in [6.07, 6.45) is 0.896. The van der Waals surface area contributed by atoms with Crippen molar-refractivity contribution in [1.29, 1.82) is 0 Å². The monoisotopic (exact) mass is 289 g/mol. The zero-order valence-electron chi connectivity index (χ0n) is 13.2. The van der Waals surface area contributed by atoms with Crippen molar-refractivity contribution in [2.24, 2.45) is 0 Å². The summed E-state index contributed by atoms with van der Waals surface area (Å²) in [5, 5.41) is 0. The van der Waals surface area contributed by atoms with Crippen molar-refractivity contribution >= 4 is 11.6 Å². The molecule has 1 amide bonds. The van der Waals surface area contributed by atoms with E-state index >= 15 is 0 Å². The van der Waals surface area contributed by atoms with E-state index in [0.29, 0.717) is 0 Å². The van der Waals surface area contributed by atoms with Crippen molar-refractivity contribution in [2.75, 3.05) is 4.90 Å². The van der Waals surface area contributed by atoms with Gasteiger partial charge in [0.05, 0.1) is 0 Å². The summed E-state index contributed by atoms with van der Waals surface area (Å²) in [6.45, 7) is 6.15. The Morgan fingerprint density at radius 1 is 1.14 bits per heavy atom. The van der Waals surface area contributed by atoms with Crippen LogP contribution in [-0.2, 0) is 11.2 Å². The summed E-state index contributed by atoms with van der Waals surface area (Å²) < 4.78 is 0. The number of para-hydroxylation sites is 1. The molecular formula is C20H19NO. The zero-order valence-corrected chi connectivity index (χ0v) is 13.2. The van der Waals surface area contributed by atoms with E-state index in [1.807, 2.05) is 49.1 Å². The van der Waals surface area contributed by atoms with Gasteiger partial charge >= 0.3 is 5.91 Å². The molecule has 2 heteroatoms. The third kappa shape index (κ3) is 2.76. The Hall–Kier alpha value is -2.53. The molecule has 0 aromatic heterocycles. The van der Waals surface area contributed by atoms with Crippen molar-refractivity contribution < 1.29 is 4.79 Å². The highest BCUT2D eigenvalue weighted by atomic mass is 16.2. The highest BCUT2D eigenvalue weighted by molar-refractivity contribution is 6.07. The first kappa shape index (κ1) is 14.4. The Morgan fingerprint density at radius 3 is 2.55 bits per heavy atom. The van der Waals surface area contributed by atoms with Gasteiger partial charge in [0.1, 0.15) is 0 Å². The minimum absolute atomic E-state index is 0.128. The molecular weight excluding hydrogens is 270 g/mol. The fraction of sp³-hybridized carbons (Fsp3) is 0.250. The second kappa shape index (κ2) is 5.69. The second-order valence-electron chi connectivity index (χ2n) is 5.98. The molecule has 0 spiro atoms. The molecule has 0 aliphatic carbocycles. The van der Waals surface area contributed by atoms with Crippen LogP contribution in [0.1, 0.15) is 29.2 Å². The Labute approximate surface area is 131 Å². The lowest BCUT2D eigenvalue weighted by Gasteiger charge is -2.19. The molecule has 1 aliphatic heterocycles. The molecule has 0 N–H and O–H groups in total. The fourth-order valence-electron chi connectivity index (χ4n) is 3.11. The molecule has 0 bridgehead atoms. The largest absolute Gasteiger partial charge is 0.303 e. The summed E-state index contributed by atoms with van der Waals surface area (Å²) in [5.74, 6) is 5.69. The van der Waals surface area contributed by atoms with E-state index in [9.17, 15) is 4.79 Å². The first-order valence-corrected chi connectivity index (χ1v) is 7.56. The average molecular weight is 289 g/mol. The quantitative estimate of drug-likeness (QED) is 0.678. The number of nitrogens with zero attached hydrogens (tertiary/aromatic N) is 1. The van der Waals surface area contributed by atoms with Crippen LogP contribution in [0.25, 0.3) is 0 Å². The predicted molar refractivity (Wildman–Crippen MR) is 89.9 cm³/mol. The number of carbonyl (C=O) groups is 1. The maximum atomic E-state index is 12.5. The van der Waals surface area contributed by atoms with Crippen LogP contribution < -0.4 is 4.90 Å². The van der Waals surface area contributed by atoms with E-state index in [-0.39, 0.29) is 11.9 Å². The number of fused-ring (bicyclic) bond motifs is 1. The second-order valence-corrected chi connectivity index (χ2v) is 5.98. The Kier molecular flexibility index (Phi) is 3.73. The molecule has 2 aromatic carbocycles. The number of benzene rings is 2. The molecule has 1 unspecified atom stereocenters. The molecule has 3 rings (SSSR count). The van der Waals surface area contributed by atoms with E-state index < -0.39 is 0 Å². The van der Waals surface area contributed by atoms with Gasteiger partial charge in [-0.2, -0.15) is 0 Å². The van der Waals surface area contributed by atoms with Crippen LogP contribution in [0.3, 0.4) is 0 Å². The van der Waals surface area contributed by atoms with E-state index in [2.05, 4.69) is 30.9 Å². The van der Waals surface area contributed by atoms with E-state index in [1.54, 1.807) is 0 Å². The highest BCUT2D eigenvalue weighted by Crippen LogP contribution is 2.31. The number of anilines is 1. The number of hydrogen-bond acceptors (Lipinski definition) is 1. The standard InChI is InChI=1S/C20H19NO/c1-14-10-15(2)12-17(11-14)8-9-20(22)21-16(3)13-18-6-4-5-7-19(18)21/h4-7,10-12,16H,13H2,1-3H3. The predicted octanol–water partition coefficient (Wildman–Crippen LogP) is 3.63. The van der Waals surface area contributed by atoms with Gasteiger partial charge in [0.15, 0.2) is 0 Å². The summed E-state index contributed by atoms with van der Waals surface area (Å²) >= 11 is 0. The van der Waals surface area contributed by atoms with Crippen molar-refractivity contribution in [2.45, 2.75) is 33.2 Å². The first-order valence-electron chi connectivity index (χ1n) is 7.56. The van der Waals surface area contributed by atoms with Crippen molar-refractivity contribution in [3.05, 3.63) is 64.7 Å². The topological polar surface area (TPSA) is 20.3 Å². The van der Waals surface area contributed by atoms with E-state index in [1.165, 1.54) is 5.56 Å². The summed E-state index contributed by atoms with van der Waals surface area (Å²) in [7, 11) is 0. The fourth-order valence-corrected chi connectivity index (χ4v) is 3.11. The average Bonchev–Trinajstić information content (AvgIpc) is 2.79. The Balaban J connectivity index is 1.88. The van der Waals surface area contributed by atoms with Crippen LogP contribution in [0.5, 0.6) is 0 Å². The van der Waals surface area contributed by atoms with Gasteiger partial charge in [-0.1, -0.05) is 30.2 Å². The maximum Gasteiger partial charge on any atom is 0.303 e. The number of hydrogen-bond donors (Lipinski definition) is 0. The van der Waals surface area contributed by atoms with Crippen LogP contribution in [0.4, 0.5) is 5.69 Å². The van der Waals surface area contributed by atoms with E-state index in [0.717, 1.165) is 28.8 Å². The smallest absolute Gasteiger partial charge is 0.298 e. The zero-order chi connectivity index (χ0) is 15.7. The number of amides is 1. The van der Waals surface area contributed by atoms with Gasteiger partial charge in [-0.3, -0.25) is 9.69 Å². The lowest BCUT2D eigenvalue weighted by Crippen LogP contribution is -2.34. The molecule has 2 aromatic rings. The molecule has 1 atom stereocenters. The molecule has 1 heterocycles. The van der Waals surface area contributed by atoms with Crippen LogP contribution in [0.2, 0.25) is 0 Å².